The van der Waals surface area contributed by atoms with E-state index in [0.717, 1.165) is 0 Å². The van der Waals surface area contributed by atoms with Gasteiger partial charge in [0.25, 0.3) is 0 Å². The summed E-state index contributed by atoms with van der Waals surface area (Å²) >= 11 is 0. The highest BCUT2D eigenvalue weighted by atomic mass is 16.5. The summed E-state index contributed by atoms with van der Waals surface area (Å²) < 4.78 is 10.6. The lowest BCUT2D eigenvalue weighted by molar-refractivity contribution is -0.149. The number of amides is 2. The molecule has 0 radical (unpaired) electrons. The number of phenolic OH excluding ortho intramolecular Hbond substituents is 1. The van der Waals surface area contributed by atoms with E-state index in [0.29, 0.717) is 38.3 Å². The van der Waals surface area contributed by atoms with E-state index >= 15 is 0 Å². The average molecular weight is 336 g/mol. The first kappa shape index (κ1) is 17.9. The number of rotatable bonds is 5. The summed E-state index contributed by atoms with van der Waals surface area (Å²) in [5, 5.41) is 12.0. The smallest absolute Gasteiger partial charge is 0.320 e. The first-order valence-corrected chi connectivity index (χ1v) is 8.17. The summed E-state index contributed by atoms with van der Waals surface area (Å²) in [6.07, 6.45) is 0.712. The van der Waals surface area contributed by atoms with Crippen LogP contribution in [0.1, 0.15) is 26.7 Å². The molecule has 7 nitrogen and oxygen atoms in total. The zero-order valence-electron chi connectivity index (χ0n) is 14.0. The number of aromatic hydroxyl groups is 1. The molecule has 7 heteroatoms. The summed E-state index contributed by atoms with van der Waals surface area (Å²) in [4.78, 5) is 25.6. The number of ether oxygens (including phenoxy) is 2. The standard InChI is InChI=1S/C17H24N2O5/c1-3-23-16(21)13-8-10-19(11-9-13)17(22)18-12(2)24-15-6-4-14(20)5-7-15/h4-7,12-13,20H,3,8-11H2,1-2H3,(H,18,22). The SMILES string of the molecule is CCOC(=O)C1CCN(C(=O)NC(C)Oc2ccc(O)cc2)CC1. The van der Waals surface area contributed by atoms with Crippen LogP contribution in [0.3, 0.4) is 0 Å². The molecule has 0 saturated carbocycles. The Morgan fingerprint density at radius 2 is 1.92 bits per heavy atom. The molecule has 1 aromatic rings. The monoisotopic (exact) mass is 336 g/mol. The number of benzene rings is 1. The highest BCUT2D eigenvalue weighted by Crippen LogP contribution is 2.19. The number of piperidine rings is 1. The van der Waals surface area contributed by atoms with E-state index in [2.05, 4.69) is 5.32 Å². The van der Waals surface area contributed by atoms with Crippen molar-refractivity contribution < 1.29 is 24.2 Å². The molecular formula is C17H24N2O5. The first-order valence-electron chi connectivity index (χ1n) is 8.17. The Kier molecular flexibility index (Phi) is 6.28. The van der Waals surface area contributed by atoms with E-state index in [-0.39, 0.29) is 23.7 Å². The molecule has 2 rings (SSSR count). The van der Waals surface area contributed by atoms with Crippen molar-refractivity contribution in [3.63, 3.8) is 0 Å². The van der Waals surface area contributed by atoms with E-state index in [1.54, 1.807) is 30.9 Å². The van der Waals surface area contributed by atoms with Gasteiger partial charge in [-0.05, 0) is 51.0 Å². The zero-order chi connectivity index (χ0) is 17.5. The molecule has 1 aliphatic heterocycles. The lowest BCUT2D eigenvalue weighted by atomic mass is 9.97. The fourth-order valence-corrected chi connectivity index (χ4v) is 2.60. The second-order valence-electron chi connectivity index (χ2n) is 5.72. The van der Waals surface area contributed by atoms with Gasteiger partial charge in [0.1, 0.15) is 11.5 Å². The zero-order valence-corrected chi connectivity index (χ0v) is 14.0. The summed E-state index contributed by atoms with van der Waals surface area (Å²) in [5.74, 6) is 0.409. The van der Waals surface area contributed by atoms with Crippen LogP contribution in [0, 0.1) is 5.92 Å². The molecule has 1 saturated heterocycles. The molecule has 1 fully saturated rings. The number of nitrogens with one attached hydrogen (secondary N) is 1. The van der Waals surface area contributed by atoms with E-state index in [1.807, 2.05) is 0 Å². The van der Waals surface area contributed by atoms with Crippen molar-refractivity contribution >= 4 is 12.0 Å². The van der Waals surface area contributed by atoms with Crippen molar-refractivity contribution in [3.8, 4) is 11.5 Å². The lowest BCUT2D eigenvalue weighted by Gasteiger charge is -2.31. The normalized spacial score (nSPS) is 16.3. The number of urea groups is 1. The van der Waals surface area contributed by atoms with Crippen LogP contribution in [0.2, 0.25) is 0 Å². The third-order valence-electron chi connectivity index (χ3n) is 3.88. The predicted molar refractivity (Wildman–Crippen MR) is 87.7 cm³/mol. The Balaban J connectivity index is 1.76. The Labute approximate surface area is 141 Å². The van der Waals surface area contributed by atoms with Crippen molar-refractivity contribution in [1.82, 2.24) is 10.2 Å². The average Bonchev–Trinajstić information content (AvgIpc) is 2.57. The van der Waals surface area contributed by atoms with Gasteiger partial charge >= 0.3 is 12.0 Å². The van der Waals surface area contributed by atoms with E-state index in [1.165, 1.54) is 12.1 Å². The van der Waals surface area contributed by atoms with Crippen LogP contribution in [-0.2, 0) is 9.53 Å². The molecule has 1 aromatic carbocycles. The quantitative estimate of drug-likeness (QED) is 0.635. The van der Waals surface area contributed by atoms with Gasteiger partial charge in [-0.25, -0.2) is 4.79 Å². The number of esters is 1. The van der Waals surface area contributed by atoms with Gasteiger partial charge in [-0.3, -0.25) is 4.79 Å². The molecule has 0 bridgehead atoms. The lowest BCUT2D eigenvalue weighted by Crippen LogP contribution is -2.49. The highest BCUT2D eigenvalue weighted by molar-refractivity contribution is 5.76. The van der Waals surface area contributed by atoms with Crippen molar-refractivity contribution in [3.05, 3.63) is 24.3 Å². The van der Waals surface area contributed by atoms with Crippen molar-refractivity contribution in [1.29, 1.82) is 0 Å². The molecule has 1 aliphatic rings. The van der Waals surface area contributed by atoms with Gasteiger partial charge in [-0.1, -0.05) is 0 Å². The van der Waals surface area contributed by atoms with E-state index in [9.17, 15) is 14.7 Å². The molecular weight excluding hydrogens is 312 g/mol. The van der Waals surface area contributed by atoms with Gasteiger partial charge in [0.15, 0.2) is 6.23 Å². The van der Waals surface area contributed by atoms with Crippen LogP contribution in [0.4, 0.5) is 4.79 Å². The number of phenols is 1. The van der Waals surface area contributed by atoms with Gasteiger partial charge < -0.3 is 24.8 Å². The molecule has 1 unspecified atom stereocenters. The van der Waals surface area contributed by atoms with Crippen molar-refractivity contribution in [2.45, 2.75) is 32.9 Å². The highest BCUT2D eigenvalue weighted by Gasteiger charge is 2.28. The van der Waals surface area contributed by atoms with Crippen molar-refractivity contribution in [2.75, 3.05) is 19.7 Å². The number of nitrogens with zero attached hydrogens (tertiary/aromatic N) is 1. The van der Waals surface area contributed by atoms with Gasteiger partial charge in [0, 0.05) is 13.1 Å². The Hall–Kier alpha value is -2.44. The molecule has 1 heterocycles. The maximum Gasteiger partial charge on any atom is 0.320 e. The number of likely N-dealkylation sites (tertiary alicyclic amines) is 1. The minimum Gasteiger partial charge on any atom is -0.508 e. The largest absolute Gasteiger partial charge is 0.508 e. The fraction of sp³-hybridized carbons (Fsp3) is 0.529. The topological polar surface area (TPSA) is 88.1 Å². The molecule has 0 aliphatic carbocycles. The Morgan fingerprint density at radius 3 is 2.50 bits per heavy atom. The number of hydrogen-bond acceptors (Lipinski definition) is 5. The van der Waals surface area contributed by atoms with Gasteiger partial charge in [0.05, 0.1) is 12.5 Å². The second kappa shape index (κ2) is 8.42. The minimum absolute atomic E-state index is 0.125. The Bertz CT molecular complexity index is 553. The van der Waals surface area contributed by atoms with Gasteiger partial charge in [-0.2, -0.15) is 0 Å². The van der Waals surface area contributed by atoms with Gasteiger partial charge in [0.2, 0.25) is 0 Å². The van der Waals surface area contributed by atoms with Crippen LogP contribution in [0.5, 0.6) is 11.5 Å². The molecule has 0 spiro atoms. The summed E-state index contributed by atoms with van der Waals surface area (Å²) in [5.41, 5.74) is 0. The summed E-state index contributed by atoms with van der Waals surface area (Å²) in [6, 6.07) is 6.07. The van der Waals surface area contributed by atoms with Crippen LogP contribution in [0.25, 0.3) is 0 Å². The molecule has 2 N–H and O–H groups in total. The van der Waals surface area contributed by atoms with Crippen LogP contribution in [-0.4, -0.2) is 47.9 Å². The second-order valence-corrected chi connectivity index (χ2v) is 5.72. The Morgan fingerprint density at radius 1 is 1.29 bits per heavy atom. The maximum absolute atomic E-state index is 12.2. The van der Waals surface area contributed by atoms with Crippen LogP contribution in [0.15, 0.2) is 24.3 Å². The summed E-state index contributed by atoms with van der Waals surface area (Å²) in [6.45, 7) is 4.93. The predicted octanol–water partition coefficient (Wildman–Crippen LogP) is 2.10. The number of carbonyl (C=O) groups is 2. The number of carbonyl (C=O) groups excluding carboxylic acids is 2. The van der Waals surface area contributed by atoms with Crippen LogP contribution >= 0.6 is 0 Å². The molecule has 24 heavy (non-hydrogen) atoms. The molecule has 132 valence electrons. The minimum atomic E-state index is -0.509. The molecule has 2 amide bonds. The van der Waals surface area contributed by atoms with Crippen molar-refractivity contribution in [2.24, 2.45) is 5.92 Å². The molecule has 1 atom stereocenters. The third-order valence-corrected chi connectivity index (χ3v) is 3.88. The first-order chi connectivity index (χ1) is 11.5. The number of hydrogen-bond donors (Lipinski definition) is 2. The molecule has 0 aromatic heterocycles. The summed E-state index contributed by atoms with van der Waals surface area (Å²) in [7, 11) is 0. The van der Waals surface area contributed by atoms with Crippen LogP contribution < -0.4 is 10.1 Å². The van der Waals surface area contributed by atoms with E-state index < -0.39 is 6.23 Å². The third kappa shape index (κ3) is 5.04. The van der Waals surface area contributed by atoms with E-state index in [4.69, 9.17) is 9.47 Å². The maximum atomic E-state index is 12.2. The van der Waals surface area contributed by atoms with Gasteiger partial charge in [-0.15, -0.1) is 0 Å². The fourth-order valence-electron chi connectivity index (χ4n) is 2.60.